The van der Waals surface area contributed by atoms with Crippen LogP contribution < -0.4 is 0 Å². The Labute approximate surface area is 122 Å². The average Bonchev–Trinajstić information content (AvgIpc) is 2.58. The van der Waals surface area contributed by atoms with E-state index in [9.17, 15) is 13.2 Å². The number of ether oxygens (including phenoxy) is 1. The summed E-state index contributed by atoms with van der Waals surface area (Å²) in [5.74, 6) is -0.736. The molecule has 0 unspecified atom stereocenters. The average molecular weight is 321 g/mol. The van der Waals surface area contributed by atoms with Crippen molar-refractivity contribution in [2.45, 2.75) is 56.4 Å². The lowest BCUT2D eigenvalue weighted by molar-refractivity contribution is 0.0256. The molecule has 112 valence electrons. The quantitative estimate of drug-likeness (QED) is 0.525. The number of aromatic amines is 1. The predicted octanol–water partition coefficient (Wildman–Crippen LogP) is 2.53. The van der Waals surface area contributed by atoms with E-state index in [-0.39, 0.29) is 22.4 Å². The number of hydrogen-bond acceptors (Lipinski definition) is 5. The van der Waals surface area contributed by atoms with Crippen LogP contribution in [-0.4, -0.2) is 30.7 Å². The molecule has 1 saturated carbocycles. The van der Waals surface area contributed by atoms with Crippen LogP contribution in [0.2, 0.25) is 0 Å². The summed E-state index contributed by atoms with van der Waals surface area (Å²) in [4.78, 5) is 11.8. The van der Waals surface area contributed by atoms with E-state index in [1.807, 2.05) is 0 Å². The highest BCUT2D eigenvalue weighted by Gasteiger charge is 2.29. The summed E-state index contributed by atoms with van der Waals surface area (Å²) in [5.41, 5.74) is -0.0328. The zero-order chi connectivity index (χ0) is 14.8. The third-order valence-corrected chi connectivity index (χ3v) is 4.85. The Morgan fingerprint density at radius 3 is 2.45 bits per heavy atom. The molecule has 0 amide bonds. The minimum absolute atomic E-state index is 0.173. The van der Waals surface area contributed by atoms with Gasteiger partial charge in [-0.15, -0.1) is 0 Å². The molecule has 0 radical (unpaired) electrons. The second-order valence-corrected chi connectivity index (χ2v) is 7.49. The van der Waals surface area contributed by atoms with E-state index < -0.39 is 15.0 Å². The predicted molar refractivity (Wildman–Crippen MR) is 73.3 cm³/mol. The molecule has 8 heteroatoms. The van der Waals surface area contributed by atoms with Gasteiger partial charge in [0.2, 0.25) is 0 Å². The number of rotatable bonds is 3. The van der Waals surface area contributed by atoms with Gasteiger partial charge in [0.1, 0.15) is 11.0 Å². The van der Waals surface area contributed by atoms with Crippen molar-refractivity contribution in [3.8, 4) is 0 Å². The van der Waals surface area contributed by atoms with Crippen LogP contribution in [0, 0.1) is 6.92 Å². The van der Waals surface area contributed by atoms with E-state index in [1.54, 1.807) is 0 Å². The molecule has 1 heterocycles. The van der Waals surface area contributed by atoms with Gasteiger partial charge in [0.05, 0.1) is 5.69 Å². The van der Waals surface area contributed by atoms with Crippen LogP contribution in [0.25, 0.3) is 0 Å². The van der Waals surface area contributed by atoms with Crippen LogP contribution in [0.15, 0.2) is 4.90 Å². The summed E-state index contributed by atoms with van der Waals surface area (Å²) in [6, 6.07) is 0. The van der Waals surface area contributed by atoms with Crippen molar-refractivity contribution in [1.82, 2.24) is 10.2 Å². The number of nitrogens with zero attached hydrogens (tertiary/aromatic N) is 1. The molecule has 0 spiro atoms. The van der Waals surface area contributed by atoms with Gasteiger partial charge in [0.15, 0.2) is 5.69 Å². The number of nitrogens with one attached hydrogen (secondary N) is 1. The number of hydrogen-bond donors (Lipinski definition) is 1. The number of carbonyl (C=O) groups excluding carboxylic acids is 1. The summed E-state index contributed by atoms with van der Waals surface area (Å²) in [6.07, 6.45) is 5.73. The van der Waals surface area contributed by atoms with Gasteiger partial charge in [0, 0.05) is 10.7 Å². The van der Waals surface area contributed by atoms with E-state index in [0.717, 1.165) is 38.5 Å². The van der Waals surface area contributed by atoms with Crippen molar-refractivity contribution in [3.05, 3.63) is 11.4 Å². The number of esters is 1. The van der Waals surface area contributed by atoms with Crippen molar-refractivity contribution in [2.75, 3.05) is 0 Å². The Kier molecular flexibility index (Phi) is 4.70. The number of aryl methyl sites for hydroxylation is 1. The molecular weight excluding hydrogens is 304 g/mol. The largest absolute Gasteiger partial charge is 0.458 e. The van der Waals surface area contributed by atoms with Crippen molar-refractivity contribution in [3.63, 3.8) is 0 Å². The van der Waals surface area contributed by atoms with Crippen molar-refractivity contribution in [2.24, 2.45) is 0 Å². The van der Waals surface area contributed by atoms with E-state index in [4.69, 9.17) is 15.4 Å². The molecular formula is C12H17ClN2O4S. The monoisotopic (exact) mass is 320 g/mol. The number of H-pyrrole nitrogens is 1. The van der Waals surface area contributed by atoms with Crippen molar-refractivity contribution in [1.29, 1.82) is 0 Å². The smallest absolute Gasteiger partial charge is 0.360 e. The maximum Gasteiger partial charge on any atom is 0.360 e. The topological polar surface area (TPSA) is 89.1 Å². The molecule has 1 aromatic heterocycles. The minimum Gasteiger partial charge on any atom is -0.458 e. The molecule has 0 saturated heterocycles. The highest BCUT2D eigenvalue weighted by atomic mass is 35.7. The molecule has 1 aliphatic rings. The zero-order valence-electron chi connectivity index (χ0n) is 11.2. The molecule has 1 fully saturated rings. The van der Waals surface area contributed by atoms with E-state index in [1.165, 1.54) is 6.92 Å². The Morgan fingerprint density at radius 1 is 1.30 bits per heavy atom. The Balaban J connectivity index is 2.17. The number of halogens is 1. The summed E-state index contributed by atoms with van der Waals surface area (Å²) < 4.78 is 28.3. The lowest BCUT2D eigenvalue weighted by Crippen LogP contribution is -2.19. The number of carbonyl (C=O) groups is 1. The van der Waals surface area contributed by atoms with E-state index in [2.05, 4.69) is 10.2 Å². The summed E-state index contributed by atoms with van der Waals surface area (Å²) in [7, 11) is 1.29. The molecule has 0 atom stereocenters. The molecule has 0 aromatic carbocycles. The third-order valence-electron chi connectivity index (χ3n) is 3.40. The number of aromatic nitrogens is 2. The molecule has 20 heavy (non-hydrogen) atoms. The third kappa shape index (κ3) is 3.52. The summed E-state index contributed by atoms with van der Waals surface area (Å²) >= 11 is 0. The van der Waals surface area contributed by atoms with Gasteiger partial charge < -0.3 is 4.74 Å². The van der Waals surface area contributed by atoms with Gasteiger partial charge in [-0.25, -0.2) is 13.2 Å². The van der Waals surface area contributed by atoms with Gasteiger partial charge in [-0.1, -0.05) is 12.8 Å². The molecule has 0 aliphatic heterocycles. The van der Waals surface area contributed by atoms with Gasteiger partial charge >= 0.3 is 5.97 Å². The van der Waals surface area contributed by atoms with Crippen LogP contribution in [0.1, 0.15) is 54.7 Å². The minimum atomic E-state index is -4.04. The molecule has 1 N–H and O–H groups in total. The van der Waals surface area contributed by atoms with Gasteiger partial charge in [-0.2, -0.15) is 5.10 Å². The van der Waals surface area contributed by atoms with Crippen LogP contribution in [0.5, 0.6) is 0 Å². The van der Waals surface area contributed by atoms with Gasteiger partial charge in [-0.05, 0) is 32.6 Å². The van der Waals surface area contributed by atoms with Gasteiger partial charge in [0.25, 0.3) is 9.05 Å². The first-order valence-corrected chi connectivity index (χ1v) is 8.91. The Morgan fingerprint density at radius 2 is 1.90 bits per heavy atom. The maximum atomic E-state index is 12.1. The summed E-state index contributed by atoms with van der Waals surface area (Å²) in [5, 5.41) is 6.17. The van der Waals surface area contributed by atoms with Crippen molar-refractivity contribution >= 4 is 25.7 Å². The first-order valence-electron chi connectivity index (χ1n) is 6.60. The van der Waals surface area contributed by atoms with E-state index >= 15 is 0 Å². The Bertz CT molecular complexity index is 589. The highest BCUT2D eigenvalue weighted by Crippen LogP contribution is 2.25. The first-order chi connectivity index (χ1) is 9.39. The molecule has 6 nitrogen and oxygen atoms in total. The fourth-order valence-corrected chi connectivity index (χ4v) is 3.76. The molecule has 2 rings (SSSR count). The lowest BCUT2D eigenvalue weighted by atomic mass is 10.1. The lowest BCUT2D eigenvalue weighted by Gasteiger charge is -2.14. The SMILES string of the molecule is Cc1[nH]nc(C(=O)OC2CCCCCC2)c1S(=O)(=O)Cl. The van der Waals surface area contributed by atoms with Crippen LogP contribution in [0.4, 0.5) is 0 Å². The second-order valence-electron chi connectivity index (χ2n) is 4.98. The van der Waals surface area contributed by atoms with Gasteiger partial charge in [-0.3, -0.25) is 5.10 Å². The van der Waals surface area contributed by atoms with Crippen LogP contribution in [0.3, 0.4) is 0 Å². The fourth-order valence-electron chi connectivity index (χ4n) is 2.42. The molecule has 0 bridgehead atoms. The molecule has 1 aromatic rings. The van der Waals surface area contributed by atoms with E-state index in [0.29, 0.717) is 0 Å². The fraction of sp³-hybridized carbons (Fsp3) is 0.667. The first kappa shape index (κ1) is 15.3. The van der Waals surface area contributed by atoms with Crippen LogP contribution in [-0.2, 0) is 13.8 Å². The normalized spacial score (nSPS) is 17.7. The summed E-state index contributed by atoms with van der Waals surface area (Å²) in [6.45, 7) is 1.49. The second kappa shape index (κ2) is 6.13. The highest BCUT2D eigenvalue weighted by molar-refractivity contribution is 8.13. The zero-order valence-corrected chi connectivity index (χ0v) is 12.8. The van der Waals surface area contributed by atoms with Crippen LogP contribution >= 0.6 is 10.7 Å². The van der Waals surface area contributed by atoms with Crippen molar-refractivity contribution < 1.29 is 17.9 Å². The standard InChI is InChI=1S/C12H17ClN2O4S/c1-8-11(20(13,17)18)10(15-14-8)12(16)19-9-6-4-2-3-5-7-9/h9H,2-7H2,1H3,(H,14,15). The molecule has 1 aliphatic carbocycles. The Hall–Kier alpha value is -1.08. The maximum absolute atomic E-state index is 12.1.